The second-order valence-corrected chi connectivity index (χ2v) is 8.99. The van der Waals surface area contributed by atoms with Gasteiger partial charge in [0.2, 0.25) is 0 Å². The third-order valence-corrected chi connectivity index (χ3v) is 6.79. The number of likely N-dealkylation sites (N-methyl/N-ethyl adjacent to an activating group) is 2. The van der Waals surface area contributed by atoms with Crippen molar-refractivity contribution in [2.45, 2.75) is 18.5 Å². The number of nitrogens with zero attached hydrogens (tertiary/aromatic N) is 3. The molecule has 5 rings (SSSR count). The van der Waals surface area contributed by atoms with E-state index < -0.39 is 0 Å². The average molecular weight is 441 g/mol. The van der Waals surface area contributed by atoms with Crippen molar-refractivity contribution >= 4 is 0 Å². The van der Waals surface area contributed by atoms with Crippen molar-refractivity contribution in [1.82, 2.24) is 20.0 Å². The first kappa shape index (κ1) is 21.6. The Labute approximate surface area is 194 Å². The smallest absolute Gasteiger partial charge is 0.131 e. The molecule has 1 fully saturated rings. The zero-order chi connectivity index (χ0) is 22.8. The molecule has 33 heavy (non-hydrogen) atoms. The van der Waals surface area contributed by atoms with Crippen LogP contribution in [-0.2, 0) is 0 Å². The number of aromatic amines is 1. The van der Waals surface area contributed by atoms with Crippen LogP contribution in [0.2, 0.25) is 0 Å². The number of rotatable bonds is 6. The lowest BCUT2D eigenvalue weighted by Crippen LogP contribution is -2.37. The van der Waals surface area contributed by atoms with Gasteiger partial charge in [0.15, 0.2) is 0 Å². The highest BCUT2D eigenvalue weighted by atomic mass is 19.1. The van der Waals surface area contributed by atoms with Crippen LogP contribution in [0, 0.1) is 5.82 Å². The largest absolute Gasteiger partial charge is 0.305 e. The molecule has 1 saturated heterocycles. The summed E-state index contributed by atoms with van der Waals surface area (Å²) in [5.41, 5.74) is 5.93. The summed E-state index contributed by atoms with van der Waals surface area (Å²) in [6.07, 6.45) is 4.94. The molecule has 1 aliphatic heterocycles. The molecule has 168 valence electrons. The molecule has 2 atom stereocenters. The van der Waals surface area contributed by atoms with Gasteiger partial charge >= 0.3 is 0 Å². The second kappa shape index (κ2) is 9.30. The maximum Gasteiger partial charge on any atom is 0.131 e. The SMILES string of the molecule is CN1CCC(N(C)C(c2cn[nH]c2)c2ccc(F)c(-c3ccc(-c4ccccc4)cc3)c2)C1. The highest BCUT2D eigenvalue weighted by Crippen LogP contribution is 2.35. The lowest BCUT2D eigenvalue weighted by atomic mass is 9.93. The van der Waals surface area contributed by atoms with E-state index in [0.717, 1.165) is 47.3 Å². The van der Waals surface area contributed by atoms with Gasteiger partial charge in [0, 0.05) is 29.9 Å². The topological polar surface area (TPSA) is 35.2 Å². The summed E-state index contributed by atoms with van der Waals surface area (Å²) in [6.45, 7) is 2.12. The zero-order valence-electron chi connectivity index (χ0n) is 19.1. The van der Waals surface area contributed by atoms with Crippen LogP contribution >= 0.6 is 0 Å². The van der Waals surface area contributed by atoms with Gasteiger partial charge in [-0.1, -0.05) is 60.7 Å². The molecular formula is C28H29FN4. The number of aromatic nitrogens is 2. The number of hydrogen-bond donors (Lipinski definition) is 1. The fourth-order valence-corrected chi connectivity index (χ4v) is 4.94. The number of halogens is 1. The molecule has 0 spiro atoms. The number of nitrogens with one attached hydrogen (secondary N) is 1. The summed E-state index contributed by atoms with van der Waals surface area (Å²) in [6, 6.07) is 24.3. The maximum absolute atomic E-state index is 15.0. The molecule has 3 aromatic carbocycles. The first-order valence-electron chi connectivity index (χ1n) is 11.4. The molecule has 0 radical (unpaired) electrons. The number of benzene rings is 3. The van der Waals surface area contributed by atoms with Crippen molar-refractivity contribution < 1.29 is 4.39 Å². The van der Waals surface area contributed by atoms with Crippen molar-refractivity contribution in [2.75, 3.05) is 27.2 Å². The number of hydrogen-bond acceptors (Lipinski definition) is 3. The molecular weight excluding hydrogens is 411 g/mol. The second-order valence-electron chi connectivity index (χ2n) is 8.99. The normalized spacial score (nSPS) is 17.5. The molecule has 4 nitrogen and oxygen atoms in total. The summed E-state index contributed by atoms with van der Waals surface area (Å²) >= 11 is 0. The van der Waals surface area contributed by atoms with Crippen molar-refractivity contribution in [2.24, 2.45) is 0 Å². The van der Waals surface area contributed by atoms with Crippen LogP contribution in [0.25, 0.3) is 22.3 Å². The Hall–Kier alpha value is -3.28. The monoisotopic (exact) mass is 440 g/mol. The maximum atomic E-state index is 15.0. The van der Waals surface area contributed by atoms with E-state index in [1.54, 1.807) is 6.07 Å². The molecule has 1 aromatic heterocycles. The fraction of sp³-hybridized carbons (Fsp3) is 0.250. The van der Waals surface area contributed by atoms with Crippen LogP contribution in [0.4, 0.5) is 4.39 Å². The molecule has 2 unspecified atom stereocenters. The van der Waals surface area contributed by atoms with Gasteiger partial charge in [-0.05, 0) is 61.4 Å². The van der Waals surface area contributed by atoms with Crippen LogP contribution in [0.15, 0.2) is 85.2 Å². The third kappa shape index (κ3) is 4.47. The van der Waals surface area contributed by atoms with E-state index in [9.17, 15) is 4.39 Å². The molecule has 2 heterocycles. The molecule has 0 amide bonds. The van der Waals surface area contributed by atoms with Crippen molar-refractivity contribution in [3.8, 4) is 22.3 Å². The van der Waals surface area contributed by atoms with Gasteiger partial charge in [-0.15, -0.1) is 0 Å². The van der Waals surface area contributed by atoms with Gasteiger partial charge in [0.1, 0.15) is 5.82 Å². The molecule has 0 saturated carbocycles. The van der Waals surface area contributed by atoms with Gasteiger partial charge in [-0.2, -0.15) is 5.10 Å². The van der Waals surface area contributed by atoms with Crippen LogP contribution < -0.4 is 0 Å². The molecule has 1 aliphatic rings. The van der Waals surface area contributed by atoms with Crippen molar-refractivity contribution in [3.05, 3.63) is 102 Å². The number of H-pyrrole nitrogens is 1. The summed E-state index contributed by atoms with van der Waals surface area (Å²) < 4.78 is 15.0. The van der Waals surface area contributed by atoms with Crippen LogP contribution in [-0.4, -0.2) is 53.2 Å². The molecule has 5 heteroatoms. The Morgan fingerprint density at radius 2 is 1.70 bits per heavy atom. The van der Waals surface area contributed by atoms with Crippen molar-refractivity contribution in [3.63, 3.8) is 0 Å². The summed E-state index contributed by atoms with van der Waals surface area (Å²) in [7, 11) is 4.33. The van der Waals surface area contributed by atoms with E-state index in [-0.39, 0.29) is 11.9 Å². The van der Waals surface area contributed by atoms with Gasteiger partial charge in [-0.3, -0.25) is 10.00 Å². The minimum atomic E-state index is -0.208. The van der Waals surface area contributed by atoms with Crippen LogP contribution in [0.3, 0.4) is 0 Å². The van der Waals surface area contributed by atoms with Gasteiger partial charge in [-0.25, -0.2) is 4.39 Å². The highest BCUT2D eigenvalue weighted by molar-refractivity contribution is 5.71. The lowest BCUT2D eigenvalue weighted by molar-refractivity contribution is 0.200. The quantitative estimate of drug-likeness (QED) is 0.423. The predicted molar refractivity (Wildman–Crippen MR) is 131 cm³/mol. The van der Waals surface area contributed by atoms with Crippen molar-refractivity contribution in [1.29, 1.82) is 0 Å². The Morgan fingerprint density at radius 1 is 0.970 bits per heavy atom. The standard InChI is InChI=1S/C28H29FN4/c1-32-15-14-25(19-32)33(2)28(24-17-30-31-18-24)23-12-13-27(29)26(16-23)22-10-8-21(9-11-22)20-6-4-3-5-7-20/h3-13,16-18,25,28H,14-15,19H2,1-2H3,(H,30,31). The van der Waals surface area contributed by atoms with Gasteiger partial charge in [0.05, 0.1) is 12.2 Å². The Kier molecular flexibility index (Phi) is 6.07. The summed E-state index contributed by atoms with van der Waals surface area (Å²) in [5.74, 6) is -0.208. The number of likely N-dealkylation sites (tertiary alicyclic amines) is 1. The van der Waals surface area contributed by atoms with E-state index in [0.29, 0.717) is 11.6 Å². The van der Waals surface area contributed by atoms with Crippen LogP contribution in [0.5, 0.6) is 0 Å². The molecule has 4 aromatic rings. The van der Waals surface area contributed by atoms with E-state index in [4.69, 9.17) is 0 Å². The van der Waals surface area contributed by atoms with E-state index >= 15 is 0 Å². The summed E-state index contributed by atoms with van der Waals surface area (Å²) in [5, 5.41) is 7.15. The first-order valence-corrected chi connectivity index (χ1v) is 11.4. The average Bonchev–Trinajstić information content (AvgIpc) is 3.53. The van der Waals surface area contributed by atoms with Gasteiger partial charge in [0.25, 0.3) is 0 Å². The zero-order valence-corrected chi connectivity index (χ0v) is 19.1. The fourth-order valence-electron chi connectivity index (χ4n) is 4.94. The predicted octanol–water partition coefficient (Wildman–Crippen LogP) is 5.61. The van der Waals surface area contributed by atoms with E-state index in [2.05, 4.69) is 58.4 Å². The Bertz CT molecular complexity index is 1190. The highest BCUT2D eigenvalue weighted by Gasteiger charge is 2.30. The minimum absolute atomic E-state index is 0.00296. The van der Waals surface area contributed by atoms with E-state index in [1.165, 1.54) is 0 Å². The first-order chi connectivity index (χ1) is 16.1. The summed E-state index contributed by atoms with van der Waals surface area (Å²) in [4.78, 5) is 4.77. The minimum Gasteiger partial charge on any atom is -0.305 e. The Morgan fingerprint density at radius 3 is 2.36 bits per heavy atom. The third-order valence-electron chi connectivity index (χ3n) is 6.79. The molecule has 0 bridgehead atoms. The van der Waals surface area contributed by atoms with Crippen LogP contribution in [0.1, 0.15) is 23.6 Å². The Balaban J connectivity index is 1.50. The van der Waals surface area contributed by atoms with Gasteiger partial charge < -0.3 is 4.90 Å². The van der Waals surface area contributed by atoms with E-state index in [1.807, 2.05) is 54.9 Å². The molecule has 0 aliphatic carbocycles. The lowest BCUT2D eigenvalue weighted by Gasteiger charge is -2.33. The molecule has 1 N–H and O–H groups in total.